The highest BCUT2D eigenvalue weighted by molar-refractivity contribution is 5.47. The van der Waals surface area contributed by atoms with Crippen molar-refractivity contribution < 1.29 is 4.74 Å². The second-order valence-corrected chi connectivity index (χ2v) is 2.54. The van der Waals surface area contributed by atoms with Gasteiger partial charge in [-0.15, -0.1) is 0 Å². The number of rotatable bonds is 4. The lowest BCUT2D eigenvalue weighted by Gasteiger charge is -2.06. The van der Waals surface area contributed by atoms with Gasteiger partial charge < -0.3 is 15.0 Å². The molecule has 0 radical (unpaired) electrons. The highest BCUT2D eigenvalue weighted by Crippen LogP contribution is 2.13. The first-order chi connectivity index (χ1) is 6.29. The minimum Gasteiger partial charge on any atom is -0.489 e. The van der Waals surface area contributed by atoms with E-state index in [9.17, 15) is 4.79 Å². The zero-order chi connectivity index (χ0) is 9.68. The molecule has 0 fully saturated rings. The molecule has 1 heterocycles. The molecule has 0 aliphatic carbocycles. The summed E-state index contributed by atoms with van der Waals surface area (Å²) in [6.45, 7) is 2.81. The standard InChI is InChI=1S/C8H13N3O2/c1-3-4-9-7-6(13-2)8(12)11-5-10-7/h5H,3-4H2,1-2H3,(H2,9,10,11,12). The Morgan fingerprint density at radius 1 is 1.69 bits per heavy atom. The molecule has 0 amide bonds. The van der Waals surface area contributed by atoms with E-state index in [-0.39, 0.29) is 11.3 Å². The molecule has 0 saturated heterocycles. The van der Waals surface area contributed by atoms with Crippen molar-refractivity contribution in [2.75, 3.05) is 19.0 Å². The molecule has 72 valence electrons. The summed E-state index contributed by atoms with van der Waals surface area (Å²) in [5.41, 5.74) is -0.267. The van der Waals surface area contributed by atoms with Crippen LogP contribution in [0.4, 0.5) is 5.82 Å². The predicted molar refractivity (Wildman–Crippen MR) is 50.2 cm³/mol. The number of ether oxygens (including phenoxy) is 1. The van der Waals surface area contributed by atoms with Gasteiger partial charge in [-0.2, -0.15) is 0 Å². The fraction of sp³-hybridized carbons (Fsp3) is 0.500. The summed E-state index contributed by atoms with van der Waals surface area (Å²) < 4.78 is 4.90. The third kappa shape index (κ3) is 2.21. The fourth-order valence-corrected chi connectivity index (χ4v) is 0.946. The van der Waals surface area contributed by atoms with Crippen molar-refractivity contribution in [3.05, 3.63) is 16.7 Å². The minimum absolute atomic E-state index is 0.232. The van der Waals surface area contributed by atoms with Gasteiger partial charge >= 0.3 is 0 Å². The molecule has 0 unspecified atom stereocenters. The average molecular weight is 183 g/mol. The second kappa shape index (κ2) is 4.49. The van der Waals surface area contributed by atoms with Gasteiger partial charge in [0.1, 0.15) is 0 Å². The van der Waals surface area contributed by atoms with Crippen molar-refractivity contribution in [2.45, 2.75) is 13.3 Å². The number of anilines is 1. The number of aromatic amines is 1. The number of hydrogen-bond donors (Lipinski definition) is 2. The third-order valence-electron chi connectivity index (χ3n) is 1.56. The monoisotopic (exact) mass is 183 g/mol. The molecular weight excluding hydrogens is 170 g/mol. The number of methoxy groups -OCH3 is 1. The van der Waals surface area contributed by atoms with Crippen LogP contribution in [-0.4, -0.2) is 23.6 Å². The van der Waals surface area contributed by atoms with E-state index in [1.807, 2.05) is 6.92 Å². The molecule has 0 aromatic carbocycles. The molecule has 5 heteroatoms. The Kier molecular flexibility index (Phi) is 3.31. The number of H-pyrrole nitrogens is 1. The van der Waals surface area contributed by atoms with Crippen LogP contribution >= 0.6 is 0 Å². The van der Waals surface area contributed by atoms with Crippen LogP contribution in [0.25, 0.3) is 0 Å². The van der Waals surface area contributed by atoms with Crippen LogP contribution in [0.5, 0.6) is 5.75 Å². The first-order valence-electron chi connectivity index (χ1n) is 4.15. The van der Waals surface area contributed by atoms with Gasteiger partial charge in [-0.25, -0.2) is 4.98 Å². The van der Waals surface area contributed by atoms with E-state index < -0.39 is 0 Å². The first-order valence-corrected chi connectivity index (χ1v) is 4.15. The van der Waals surface area contributed by atoms with Gasteiger partial charge in [0.05, 0.1) is 13.4 Å². The van der Waals surface area contributed by atoms with Crippen molar-refractivity contribution in [1.82, 2.24) is 9.97 Å². The van der Waals surface area contributed by atoms with Crippen LogP contribution in [0.2, 0.25) is 0 Å². The molecule has 0 spiro atoms. The fourth-order valence-electron chi connectivity index (χ4n) is 0.946. The number of aromatic nitrogens is 2. The molecule has 1 aromatic heterocycles. The van der Waals surface area contributed by atoms with Crippen LogP contribution < -0.4 is 15.6 Å². The Morgan fingerprint density at radius 2 is 2.46 bits per heavy atom. The van der Waals surface area contributed by atoms with Crippen LogP contribution in [0.3, 0.4) is 0 Å². The van der Waals surface area contributed by atoms with Gasteiger partial charge in [0.25, 0.3) is 5.56 Å². The van der Waals surface area contributed by atoms with Crippen LogP contribution in [0.1, 0.15) is 13.3 Å². The molecule has 5 nitrogen and oxygen atoms in total. The van der Waals surface area contributed by atoms with Crippen molar-refractivity contribution in [3.63, 3.8) is 0 Å². The summed E-state index contributed by atoms with van der Waals surface area (Å²) in [5, 5.41) is 3.00. The minimum atomic E-state index is -0.267. The molecule has 1 aromatic rings. The molecule has 0 aliphatic rings. The van der Waals surface area contributed by atoms with E-state index in [0.29, 0.717) is 5.82 Å². The summed E-state index contributed by atoms with van der Waals surface area (Å²) in [5.74, 6) is 0.726. The Hall–Kier alpha value is -1.52. The van der Waals surface area contributed by atoms with Crippen LogP contribution in [-0.2, 0) is 0 Å². The van der Waals surface area contributed by atoms with E-state index in [0.717, 1.165) is 13.0 Å². The number of nitrogens with one attached hydrogen (secondary N) is 2. The summed E-state index contributed by atoms with van der Waals surface area (Å²) >= 11 is 0. The molecular formula is C8H13N3O2. The smallest absolute Gasteiger partial charge is 0.295 e. The SMILES string of the molecule is CCCNc1nc[nH]c(=O)c1OC. The third-order valence-corrected chi connectivity index (χ3v) is 1.56. The zero-order valence-electron chi connectivity index (χ0n) is 7.76. The lowest BCUT2D eigenvalue weighted by atomic mass is 10.4. The predicted octanol–water partition coefficient (Wildman–Crippen LogP) is 0.600. The van der Waals surface area contributed by atoms with E-state index in [1.165, 1.54) is 13.4 Å². The largest absolute Gasteiger partial charge is 0.489 e. The molecule has 13 heavy (non-hydrogen) atoms. The number of hydrogen-bond acceptors (Lipinski definition) is 4. The van der Waals surface area contributed by atoms with Gasteiger partial charge in [-0.1, -0.05) is 6.92 Å². The lowest BCUT2D eigenvalue weighted by Crippen LogP contribution is -2.14. The number of nitrogens with zero attached hydrogens (tertiary/aromatic N) is 1. The highest BCUT2D eigenvalue weighted by Gasteiger charge is 2.06. The van der Waals surface area contributed by atoms with Gasteiger partial charge in [-0.05, 0) is 6.42 Å². The average Bonchev–Trinajstić information content (AvgIpc) is 2.15. The summed E-state index contributed by atoms with van der Waals surface area (Å²) in [6, 6.07) is 0. The van der Waals surface area contributed by atoms with Gasteiger partial charge in [0.15, 0.2) is 5.82 Å². The molecule has 0 saturated carbocycles. The molecule has 0 aliphatic heterocycles. The van der Waals surface area contributed by atoms with Gasteiger partial charge in [0, 0.05) is 6.54 Å². The lowest BCUT2D eigenvalue weighted by molar-refractivity contribution is 0.408. The van der Waals surface area contributed by atoms with E-state index in [4.69, 9.17) is 4.74 Å². The van der Waals surface area contributed by atoms with E-state index >= 15 is 0 Å². The Bertz CT molecular complexity index is 321. The van der Waals surface area contributed by atoms with Gasteiger partial charge in [-0.3, -0.25) is 4.79 Å². The summed E-state index contributed by atoms with van der Waals surface area (Å²) in [7, 11) is 1.45. The second-order valence-electron chi connectivity index (χ2n) is 2.54. The van der Waals surface area contributed by atoms with E-state index in [1.54, 1.807) is 0 Å². The van der Waals surface area contributed by atoms with Crippen molar-refractivity contribution in [2.24, 2.45) is 0 Å². The molecule has 0 bridgehead atoms. The maximum atomic E-state index is 11.2. The van der Waals surface area contributed by atoms with E-state index in [2.05, 4.69) is 15.3 Å². The van der Waals surface area contributed by atoms with Crippen LogP contribution in [0, 0.1) is 0 Å². The Morgan fingerprint density at radius 3 is 3.08 bits per heavy atom. The first kappa shape index (κ1) is 9.57. The van der Waals surface area contributed by atoms with Gasteiger partial charge in [0.2, 0.25) is 5.75 Å². The topological polar surface area (TPSA) is 67.0 Å². The van der Waals surface area contributed by atoms with Crippen molar-refractivity contribution >= 4 is 5.82 Å². The molecule has 1 rings (SSSR count). The van der Waals surface area contributed by atoms with Crippen LogP contribution in [0.15, 0.2) is 11.1 Å². The molecule has 2 N–H and O–H groups in total. The maximum Gasteiger partial charge on any atom is 0.295 e. The van der Waals surface area contributed by atoms with Crippen molar-refractivity contribution in [3.8, 4) is 5.75 Å². The Balaban J connectivity index is 2.92. The van der Waals surface area contributed by atoms with Crippen molar-refractivity contribution in [1.29, 1.82) is 0 Å². The normalized spacial score (nSPS) is 9.69. The highest BCUT2D eigenvalue weighted by atomic mass is 16.5. The Labute approximate surface area is 76.2 Å². The quantitative estimate of drug-likeness (QED) is 0.717. The summed E-state index contributed by atoms with van der Waals surface area (Å²) in [6.07, 6.45) is 2.32. The zero-order valence-corrected chi connectivity index (χ0v) is 7.76. The molecule has 0 atom stereocenters. The summed E-state index contributed by atoms with van der Waals surface area (Å²) in [4.78, 5) is 17.6. The maximum absolute atomic E-state index is 11.2.